The highest BCUT2D eigenvalue weighted by Gasteiger charge is 2.05. The minimum absolute atomic E-state index is 0.000984. The molecule has 1 rings (SSSR count). The van der Waals surface area contributed by atoms with Gasteiger partial charge in [0.2, 0.25) is 5.91 Å². The van der Waals surface area contributed by atoms with E-state index in [9.17, 15) is 9.59 Å². The maximum Gasteiger partial charge on any atom is 0.257 e. The molecule has 6 nitrogen and oxygen atoms in total. The number of carbonyl (C=O) groups excluding carboxylic acids is 2. The van der Waals surface area contributed by atoms with Crippen LogP contribution >= 0.6 is 0 Å². The second-order valence-corrected chi connectivity index (χ2v) is 4.40. The summed E-state index contributed by atoms with van der Waals surface area (Å²) in [6.07, 6.45) is 0.00275. The van der Waals surface area contributed by atoms with Crippen molar-refractivity contribution in [2.24, 2.45) is 0 Å². The van der Waals surface area contributed by atoms with Gasteiger partial charge in [0, 0.05) is 18.8 Å². The molecule has 0 fully saturated rings. The Hall–Kier alpha value is -2.08. The molecule has 1 aromatic rings. The summed E-state index contributed by atoms with van der Waals surface area (Å²) in [7, 11) is 1.54. The van der Waals surface area contributed by atoms with E-state index in [-0.39, 0.29) is 31.1 Å². The number of hydrogen-bond donors (Lipinski definition) is 2. The molecule has 0 aromatic heterocycles. The Balaban J connectivity index is 2.50. The highest BCUT2D eigenvalue weighted by molar-refractivity contribution is 5.91. The third-order valence-electron chi connectivity index (χ3n) is 2.31. The smallest absolute Gasteiger partial charge is 0.257 e. The van der Waals surface area contributed by atoms with Crippen molar-refractivity contribution in [3.05, 3.63) is 24.3 Å². The van der Waals surface area contributed by atoms with E-state index >= 15 is 0 Å². The molecule has 0 spiro atoms. The SMILES string of the molecule is CNC(=O)COc1cccc(NC(=O)COC(C)C)c1. The predicted molar refractivity (Wildman–Crippen MR) is 75.7 cm³/mol. The number of rotatable bonds is 7. The summed E-state index contributed by atoms with van der Waals surface area (Å²) in [4.78, 5) is 22.7. The lowest BCUT2D eigenvalue weighted by Gasteiger charge is -2.10. The third-order valence-corrected chi connectivity index (χ3v) is 2.31. The molecule has 6 heteroatoms. The van der Waals surface area contributed by atoms with Gasteiger partial charge in [-0.3, -0.25) is 9.59 Å². The van der Waals surface area contributed by atoms with E-state index in [2.05, 4.69) is 10.6 Å². The van der Waals surface area contributed by atoms with Crippen LogP contribution in [-0.4, -0.2) is 38.2 Å². The maximum atomic E-state index is 11.6. The van der Waals surface area contributed by atoms with Crippen LogP contribution in [0.5, 0.6) is 5.75 Å². The quantitative estimate of drug-likeness (QED) is 0.786. The van der Waals surface area contributed by atoms with E-state index in [1.807, 2.05) is 13.8 Å². The first-order chi connectivity index (χ1) is 9.51. The molecular weight excluding hydrogens is 260 g/mol. The Morgan fingerprint density at radius 3 is 2.60 bits per heavy atom. The summed E-state index contributed by atoms with van der Waals surface area (Å²) in [6.45, 7) is 3.66. The standard InChI is InChI=1S/C14H20N2O4/c1-10(2)19-9-14(18)16-11-5-4-6-12(7-11)20-8-13(17)15-3/h4-7,10H,8-9H2,1-3H3,(H,15,17)(H,16,18). The van der Waals surface area contributed by atoms with Gasteiger partial charge in [0.25, 0.3) is 5.91 Å². The minimum atomic E-state index is -0.234. The van der Waals surface area contributed by atoms with Gasteiger partial charge in [-0.25, -0.2) is 0 Å². The Morgan fingerprint density at radius 2 is 1.95 bits per heavy atom. The number of hydrogen-bond acceptors (Lipinski definition) is 4. The average molecular weight is 280 g/mol. The van der Waals surface area contributed by atoms with Gasteiger partial charge in [-0.15, -0.1) is 0 Å². The number of anilines is 1. The molecule has 20 heavy (non-hydrogen) atoms. The molecule has 0 atom stereocenters. The molecule has 110 valence electrons. The molecule has 2 N–H and O–H groups in total. The van der Waals surface area contributed by atoms with E-state index in [4.69, 9.17) is 9.47 Å². The van der Waals surface area contributed by atoms with Gasteiger partial charge in [0.1, 0.15) is 12.4 Å². The first kappa shape index (κ1) is 16.0. The summed E-state index contributed by atoms with van der Waals surface area (Å²) >= 11 is 0. The fourth-order valence-corrected chi connectivity index (χ4v) is 1.32. The predicted octanol–water partition coefficient (Wildman–Crippen LogP) is 1.17. The first-order valence-corrected chi connectivity index (χ1v) is 6.36. The zero-order valence-corrected chi connectivity index (χ0v) is 11.9. The molecule has 1 aromatic carbocycles. The molecule has 0 radical (unpaired) electrons. The van der Waals surface area contributed by atoms with Gasteiger partial charge >= 0.3 is 0 Å². The van der Waals surface area contributed by atoms with E-state index in [1.54, 1.807) is 24.3 Å². The number of amides is 2. The normalized spacial score (nSPS) is 10.2. The van der Waals surface area contributed by atoms with Gasteiger partial charge in [-0.1, -0.05) is 6.07 Å². The summed E-state index contributed by atoms with van der Waals surface area (Å²) in [5.41, 5.74) is 0.594. The van der Waals surface area contributed by atoms with E-state index < -0.39 is 0 Å². The Labute approximate surface area is 118 Å². The van der Waals surface area contributed by atoms with Crippen LogP contribution in [0.25, 0.3) is 0 Å². The highest BCUT2D eigenvalue weighted by Crippen LogP contribution is 2.17. The van der Waals surface area contributed by atoms with Crippen molar-refractivity contribution >= 4 is 17.5 Å². The highest BCUT2D eigenvalue weighted by atomic mass is 16.5. The molecule has 0 heterocycles. The third kappa shape index (κ3) is 6.19. The molecule has 0 unspecified atom stereocenters. The topological polar surface area (TPSA) is 76.7 Å². The Bertz CT molecular complexity index is 460. The lowest BCUT2D eigenvalue weighted by Crippen LogP contribution is -2.24. The van der Waals surface area contributed by atoms with Crippen molar-refractivity contribution in [3.8, 4) is 5.75 Å². The van der Waals surface area contributed by atoms with Crippen LogP contribution in [0.3, 0.4) is 0 Å². The lowest BCUT2D eigenvalue weighted by atomic mass is 10.3. The molecule has 0 aliphatic heterocycles. The van der Waals surface area contributed by atoms with Crippen LogP contribution in [-0.2, 0) is 14.3 Å². The van der Waals surface area contributed by atoms with Gasteiger partial charge in [-0.2, -0.15) is 0 Å². The van der Waals surface area contributed by atoms with Gasteiger partial charge < -0.3 is 20.1 Å². The van der Waals surface area contributed by atoms with Gasteiger partial charge in [0.15, 0.2) is 6.61 Å². The van der Waals surface area contributed by atoms with Crippen molar-refractivity contribution in [1.29, 1.82) is 0 Å². The monoisotopic (exact) mass is 280 g/mol. The summed E-state index contributed by atoms with van der Waals surface area (Å²) in [5.74, 6) is 0.0584. The molecule has 0 bridgehead atoms. The van der Waals surface area contributed by atoms with Crippen molar-refractivity contribution < 1.29 is 19.1 Å². The second-order valence-electron chi connectivity index (χ2n) is 4.40. The fraction of sp³-hybridized carbons (Fsp3) is 0.429. The van der Waals surface area contributed by atoms with Crippen molar-refractivity contribution in [1.82, 2.24) is 5.32 Å². The first-order valence-electron chi connectivity index (χ1n) is 6.36. The van der Waals surface area contributed by atoms with Crippen molar-refractivity contribution in [2.45, 2.75) is 20.0 Å². The van der Waals surface area contributed by atoms with Gasteiger partial charge in [-0.05, 0) is 26.0 Å². The summed E-state index contributed by atoms with van der Waals surface area (Å²) < 4.78 is 10.5. The molecule has 0 saturated heterocycles. The molecule has 2 amide bonds. The van der Waals surface area contributed by atoms with Crippen LogP contribution in [0.2, 0.25) is 0 Å². The Kier molecular flexibility index (Phi) is 6.52. The van der Waals surface area contributed by atoms with E-state index in [0.29, 0.717) is 11.4 Å². The van der Waals surface area contributed by atoms with Crippen LogP contribution < -0.4 is 15.4 Å². The largest absolute Gasteiger partial charge is 0.484 e. The number of likely N-dealkylation sites (N-methyl/N-ethyl adjacent to an activating group) is 1. The zero-order valence-electron chi connectivity index (χ0n) is 11.9. The van der Waals surface area contributed by atoms with Crippen LogP contribution in [0.1, 0.15) is 13.8 Å². The number of ether oxygens (including phenoxy) is 2. The van der Waals surface area contributed by atoms with Gasteiger partial charge in [0.05, 0.1) is 6.10 Å². The summed E-state index contributed by atoms with van der Waals surface area (Å²) in [6, 6.07) is 6.83. The number of benzene rings is 1. The Morgan fingerprint density at radius 1 is 1.20 bits per heavy atom. The zero-order chi connectivity index (χ0) is 15.0. The lowest BCUT2D eigenvalue weighted by molar-refractivity contribution is -0.123. The fourth-order valence-electron chi connectivity index (χ4n) is 1.32. The van der Waals surface area contributed by atoms with E-state index in [0.717, 1.165) is 0 Å². The maximum absolute atomic E-state index is 11.6. The molecular formula is C14H20N2O4. The van der Waals surface area contributed by atoms with Crippen molar-refractivity contribution in [2.75, 3.05) is 25.6 Å². The average Bonchev–Trinajstić information content (AvgIpc) is 2.43. The summed E-state index contributed by atoms with van der Waals surface area (Å²) in [5, 5.41) is 5.15. The molecule has 0 aliphatic rings. The van der Waals surface area contributed by atoms with Crippen LogP contribution in [0.15, 0.2) is 24.3 Å². The minimum Gasteiger partial charge on any atom is -0.484 e. The molecule has 0 aliphatic carbocycles. The van der Waals surface area contributed by atoms with Crippen LogP contribution in [0, 0.1) is 0 Å². The number of nitrogens with one attached hydrogen (secondary N) is 2. The van der Waals surface area contributed by atoms with Crippen molar-refractivity contribution in [3.63, 3.8) is 0 Å². The number of carbonyl (C=O) groups is 2. The van der Waals surface area contributed by atoms with E-state index in [1.165, 1.54) is 7.05 Å². The van der Waals surface area contributed by atoms with Crippen LogP contribution in [0.4, 0.5) is 5.69 Å². The second kappa shape index (κ2) is 8.16. The molecule has 0 saturated carbocycles.